The van der Waals surface area contributed by atoms with Crippen LogP contribution < -0.4 is 10.5 Å². The van der Waals surface area contributed by atoms with E-state index in [-0.39, 0.29) is 16.9 Å². The summed E-state index contributed by atoms with van der Waals surface area (Å²) in [6, 6.07) is 4.68. The molecule has 1 aliphatic heterocycles. The van der Waals surface area contributed by atoms with Crippen molar-refractivity contribution in [3.63, 3.8) is 0 Å². The molecular formula is C19H19ClFN5O2. The van der Waals surface area contributed by atoms with E-state index >= 15 is 0 Å². The highest BCUT2D eigenvalue weighted by atomic mass is 35.5. The Labute approximate surface area is 165 Å². The maximum atomic E-state index is 13.5. The second kappa shape index (κ2) is 7.37. The van der Waals surface area contributed by atoms with E-state index in [0.29, 0.717) is 25.3 Å². The van der Waals surface area contributed by atoms with Crippen LogP contribution in [0.15, 0.2) is 35.4 Å². The van der Waals surface area contributed by atoms with Gasteiger partial charge in [-0.05, 0) is 30.2 Å². The molecule has 7 nitrogen and oxygen atoms in total. The fraction of sp³-hybridized carbons (Fsp3) is 0.316. The molecule has 0 fully saturated rings. The highest BCUT2D eigenvalue weighted by molar-refractivity contribution is 6.32. The number of halogens is 2. The first-order valence-corrected chi connectivity index (χ1v) is 9.18. The van der Waals surface area contributed by atoms with E-state index in [1.165, 1.54) is 12.1 Å². The van der Waals surface area contributed by atoms with Crippen molar-refractivity contribution in [2.45, 2.75) is 26.1 Å². The molecule has 9 heteroatoms. The summed E-state index contributed by atoms with van der Waals surface area (Å²) in [7, 11) is 1.63. The van der Waals surface area contributed by atoms with E-state index in [0.717, 1.165) is 22.6 Å². The summed E-state index contributed by atoms with van der Waals surface area (Å²) >= 11 is 6.14. The maximum absolute atomic E-state index is 13.5. The number of hydrogen-bond acceptors (Lipinski definition) is 5. The molecule has 3 aromatic rings. The molecule has 1 unspecified atom stereocenters. The predicted octanol–water partition coefficient (Wildman–Crippen LogP) is 2.82. The van der Waals surface area contributed by atoms with Gasteiger partial charge in [0.2, 0.25) is 0 Å². The number of nitrogens with one attached hydrogen (secondary N) is 1. The van der Waals surface area contributed by atoms with Gasteiger partial charge in [0, 0.05) is 20.2 Å². The Morgan fingerprint density at radius 1 is 1.32 bits per heavy atom. The van der Waals surface area contributed by atoms with Gasteiger partial charge in [-0.25, -0.2) is 14.5 Å². The topological polar surface area (TPSA) is 76.0 Å². The van der Waals surface area contributed by atoms with Crippen molar-refractivity contribution in [3.05, 3.63) is 74.4 Å². The Morgan fingerprint density at radius 2 is 2.14 bits per heavy atom. The minimum absolute atomic E-state index is 0.118. The summed E-state index contributed by atoms with van der Waals surface area (Å²) in [4.78, 5) is 18.3. The molecule has 1 aliphatic rings. The lowest BCUT2D eigenvalue weighted by atomic mass is 10.0. The van der Waals surface area contributed by atoms with Crippen molar-refractivity contribution >= 4 is 17.3 Å². The Hall–Kier alpha value is -2.71. The van der Waals surface area contributed by atoms with Crippen LogP contribution in [-0.2, 0) is 17.8 Å². The summed E-state index contributed by atoms with van der Waals surface area (Å²) in [5, 5.41) is 6.28. The van der Waals surface area contributed by atoms with Gasteiger partial charge in [0.05, 0.1) is 30.3 Å². The van der Waals surface area contributed by atoms with Gasteiger partial charge in [-0.2, -0.15) is 5.10 Å². The van der Waals surface area contributed by atoms with Crippen molar-refractivity contribution in [2.24, 2.45) is 0 Å². The molecule has 146 valence electrons. The number of imidazole rings is 1. The number of hydrogen-bond donors (Lipinski definition) is 1. The molecule has 0 radical (unpaired) electrons. The van der Waals surface area contributed by atoms with Crippen LogP contribution in [0.2, 0.25) is 5.02 Å². The van der Waals surface area contributed by atoms with Crippen molar-refractivity contribution in [1.29, 1.82) is 0 Å². The zero-order valence-corrected chi connectivity index (χ0v) is 16.2. The van der Waals surface area contributed by atoms with Crippen molar-refractivity contribution in [3.8, 4) is 0 Å². The van der Waals surface area contributed by atoms with Crippen molar-refractivity contribution in [2.75, 3.05) is 18.6 Å². The number of ether oxygens (including phenoxy) is 1. The molecule has 1 N–H and O–H groups in total. The van der Waals surface area contributed by atoms with Crippen LogP contribution in [0.4, 0.5) is 10.1 Å². The molecule has 0 amide bonds. The zero-order chi connectivity index (χ0) is 19.8. The number of anilines is 1. The third-order valence-corrected chi connectivity index (χ3v) is 5.40. The first-order valence-electron chi connectivity index (χ1n) is 8.81. The summed E-state index contributed by atoms with van der Waals surface area (Å²) in [6.45, 7) is 3.64. The lowest BCUT2D eigenvalue weighted by Crippen LogP contribution is -2.35. The molecule has 2 aromatic heterocycles. The van der Waals surface area contributed by atoms with Crippen LogP contribution in [0, 0.1) is 12.7 Å². The van der Waals surface area contributed by atoms with Crippen molar-refractivity contribution < 1.29 is 9.13 Å². The molecule has 28 heavy (non-hydrogen) atoms. The van der Waals surface area contributed by atoms with Crippen molar-refractivity contribution in [1.82, 2.24) is 19.7 Å². The van der Waals surface area contributed by atoms with Gasteiger partial charge < -0.3 is 14.2 Å². The number of fused-ring (bicyclic) bond motifs is 1. The molecule has 0 spiro atoms. The Balaban J connectivity index is 1.66. The minimum atomic E-state index is -0.417. The number of methoxy groups -OCH3 is 1. The Morgan fingerprint density at radius 3 is 2.89 bits per heavy atom. The lowest BCUT2D eigenvalue weighted by molar-refractivity contribution is 0.128. The molecule has 1 aromatic carbocycles. The standard InChI is InChI=1S/C19H19ClFN5O2/c1-11-7-12(21)3-4-13(11)18(28-2)15-8-22-16-10-25(5-6-26(15)16)14-9-23-24-19(27)17(14)20/h3-4,7-9,18H,5-6,10H2,1-2H3,(H,24,27). The van der Waals surface area contributed by atoms with Crippen LogP contribution in [0.25, 0.3) is 0 Å². The highest BCUT2D eigenvalue weighted by Gasteiger charge is 2.27. The maximum Gasteiger partial charge on any atom is 0.285 e. The molecule has 4 rings (SSSR count). The normalized spacial score (nSPS) is 14.8. The van der Waals surface area contributed by atoms with Gasteiger partial charge in [-0.3, -0.25) is 4.79 Å². The molecule has 3 heterocycles. The fourth-order valence-electron chi connectivity index (χ4n) is 3.63. The number of aryl methyl sites for hydroxylation is 1. The SMILES string of the molecule is COC(c1ccc(F)cc1C)c1cnc2n1CCN(c1cn[nH]c(=O)c1Cl)C2. The van der Waals surface area contributed by atoms with E-state index < -0.39 is 5.56 Å². The average molecular weight is 404 g/mol. The van der Waals surface area contributed by atoms with E-state index in [9.17, 15) is 9.18 Å². The van der Waals surface area contributed by atoms with Gasteiger partial charge in [-0.15, -0.1) is 0 Å². The smallest absolute Gasteiger partial charge is 0.285 e. The quantitative estimate of drug-likeness (QED) is 0.725. The van der Waals surface area contributed by atoms with Crippen LogP contribution in [0.3, 0.4) is 0 Å². The molecule has 0 bridgehead atoms. The summed E-state index contributed by atoms with van der Waals surface area (Å²) in [5.41, 5.74) is 2.79. The predicted molar refractivity (Wildman–Crippen MR) is 103 cm³/mol. The minimum Gasteiger partial charge on any atom is -0.370 e. The van der Waals surface area contributed by atoms with Gasteiger partial charge >= 0.3 is 0 Å². The summed E-state index contributed by atoms with van der Waals surface area (Å²) in [5.74, 6) is 0.560. The number of aromatic nitrogens is 4. The van der Waals surface area contributed by atoms with Crippen LogP contribution >= 0.6 is 11.6 Å². The highest BCUT2D eigenvalue weighted by Crippen LogP contribution is 2.32. The van der Waals surface area contributed by atoms with Gasteiger partial charge in [0.15, 0.2) is 0 Å². The average Bonchev–Trinajstić information content (AvgIpc) is 3.09. The number of aromatic amines is 1. The number of benzene rings is 1. The van der Waals surface area contributed by atoms with E-state index in [4.69, 9.17) is 16.3 Å². The van der Waals surface area contributed by atoms with Crippen LogP contribution in [0.5, 0.6) is 0 Å². The van der Waals surface area contributed by atoms with Gasteiger partial charge in [-0.1, -0.05) is 17.7 Å². The van der Waals surface area contributed by atoms with Gasteiger partial charge in [0.25, 0.3) is 5.56 Å². The van der Waals surface area contributed by atoms with Crippen LogP contribution in [-0.4, -0.2) is 33.4 Å². The molecular weight excluding hydrogens is 385 g/mol. The largest absolute Gasteiger partial charge is 0.370 e. The third kappa shape index (κ3) is 3.18. The first-order chi connectivity index (χ1) is 13.5. The third-order valence-electron chi connectivity index (χ3n) is 5.03. The van der Waals surface area contributed by atoms with E-state index in [2.05, 4.69) is 19.7 Å². The molecule has 0 aliphatic carbocycles. The summed E-state index contributed by atoms with van der Waals surface area (Å²) < 4.78 is 21.3. The zero-order valence-electron chi connectivity index (χ0n) is 15.4. The Kier molecular flexibility index (Phi) is 4.91. The first kappa shape index (κ1) is 18.6. The second-order valence-corrected chi connectivity index (χ2v) is 7.07. The van der Waals surface area contributed by atoms with E-state index in [1.807, 2.05) is 11.8 Å². The number of H-pyrrole nitrogens is 1. The Bertz CT molecular complexity index is 1080. The van der Waals surface area contributed by atoms with E-state index in [1.54, 1.807) is 25.6 Å². The number of rotatable bonds is 4. The lowest BCUT2D eigenvalue weighted by Gasteiger charge is -2.31. The molecule has 1 atom stereocenters. The molecule has 0 saturated carbocycles. The number of nitrogens with zero attached hydrogens (tertiary/aromatic N) is 4. The molecule has 0 saturated heterocycles. The second-order valence-electron chi connectivity index (χ2n) is 6.69. The fourth-order valence-corrected chi connectivity index (χ4v) is 3.84. The monoisotopic (exact) mass is 403 g/mol. The van der Waals surface area contributed by atoms with Crippen LogP contribution in [0.1, 0.15) is 28.7 Å². The van der Waals surface area contributed by atoms with Gasteiger partial charge in [0.1, 0.15) is 22.8 Å². The summed E-state index contributed by atoms with van der Waals surface area (Å²) in [6.07, 6.45) is 2.98.